The number of carbonyl (C=O) groups excluding carboxylic acids is 1. The Morgan fingerprint density at radius 1 is 1.35 bits per heavy atom. The first-order chi connectivity index (χ1) is 11.0. The number of ether oxygens (including phenoxy) is 1. The van der Waals surface area contributed by atoms with Gasteiger partial charge in [-0.2, -0.15) is 0 Å². The number of nitrogens with two attached hydrogens (primary N) is 1. The molecule has 7 nitrogen and oxygen atoms in total. The Hall–Kier alpha value is -2.67. The number of ketones is 1. The van der Waals surface area contributed by atoms with Crippen LogP contribution in [0.15, 0.2) is 30.6 Å². The molecular weight excluding hydrogens is 294 g/mol. The van der Waals surface area contributed by atoms with Crippen LogP contribution in [0.5, 0.6) is 0 Å². The Bertz CT molecular complexity index is 690. The van der Waals surface area contributed by atoms with Crippen molar-refractivity contribution >= 4 is 28.8 Å². The Kier molecular flexibility index (Phi) is 5.48. The summed E-state index contributed by atoms with van der Waals surface area (Å²) in [6.45, 7) is 4.03. The van der Waals surface area contributed by atoms with E-state index in [1.165, 1.54) is 13.3 Å². The number of nitrogens with one attached hydrogen (secondary N) is 2. The molecule has 0 spiro atoms. The third kappa shape index (κ3) is 4.40. The number of anilines is 4. The van der Waals surface area contributed by atoms with E-state index in [2.05, 4.69) is 20.6 Å². The molecule has 23 heavy (non-hydrogen) atoms. The first-order valence-electron chi connectivity index (χ1n) is 7.25. The summed E-state index contributed by atoms with van der Waals surface area (Å²) in [4.78, 5) is 19.8. The van der Waals surface area contributed by atoms with Gasteiger partial charge < -0.3 is 21.1 Å². The molecule has 0 aliphatic rings. The van der Waals surface area contributed by atoms with Crippen molar-refractivity contribution < 1.29 is 9.53 Å². The molecule has 1 unspecified atom stereocenters. The predicted octanol–water partition coefficient (Wildman–Crippen LogP) is 2.45. The minimum atomic E-state index is 0.0000515. The van der Waals surface area contributed by atoms with Crippen molar-refractivity contribution in [2.24, 2.45) is 0 Å². The second kappa shape index (κ2) is 7.55. The Morgan fingerprint density at radius 2 is 2.09 bits per heavy atom. The number of rotatable bonds is 7. The molecule has 1 atom stereocenters. The van der Waals surface area contributed by atoms with E-state index in [9.17, 15) is 4.79 Å². The number of hydrogen-bond donors (Lipinski definition) is 3. The molecular formula is C16H21N5O2. The van der Waals surface area contributed by atoms with Crippen LogP contribution in [0.25, 0.3) is 0 Å². The minimum Gasteiger partial charge on any atom is -0.393 e. The van der Waals surface area contributed by atoms with Gasteiger partial charge in [0.15, 0.2) is 17.4 Å². The van der Waals surface area contributed by atoms with Crippen LogP contribution >= 0.6 is 0 Å². The van der Waals surface area contributed by atoms with Crippen LogP contribution in [-0.4, -0.2) is 35.5 Å². The topological polar surface area (TPSA) is 102 Å². The quantitative estimate of drug-likeness (QED) is 0.674. The normalized spacial score (nSPS) is 11.8. The first kappa shape index (κ1) is 16.7. The molecule has 0 aliphatic carbocycles. The van der Waals surface area contributed by atoms with Gasteiger partial charge in [-0.3, -0.25) is 4.79 Å². The monoisotopic (exact) mass is 315 g/mol. The molecule has 2 rings (SSSR count). The SMILES string of the molecule is COCC(C)Nc1ncnc(Nc2cccc(C(C)=O)c2)c1N. The van der Waals surface area contributed by atoms with E-state index in [0.29, 0.717) is 29.5 Å². The first-order valence-corrected chi connectivity index (χ1v) is 7.25. The van der Waals surface area contributed by atoms with Crippen LogP contribution in [0, 0.1) is 0 Å². The van der Waals surface area contributed by atoms with Gasteiger partial charge in [-0.25, -0.2) is 9.97 Å². The van der Waals surface area contributed by atoms with Crippen LogP contribution in [0.4, 0.5) is 23.0 Å². The molecule has 0 aliphatic heterocycles. The lowest BCUT2D eigenvalue weighted by Gasteiger charge is -2.16. The molecule has 0 amide bonds. The molecule has 0 bridgehead atoms. The smallest absolute Gasteiger partial charge is 0.159 e. The van der Waals surface area contributed by atoms with Gasteiger partial charge >= 0.3 is 0 Å². The molecule has 122 valence electrons. The van der Waals surface area contributed by atoms with Crippen molar-refractivity contribution in [1.29, 1.82) is 0 Å². The van der Waals surface area contributed by atoms with Crippen molar-refractivity contribution in [1.82, 2.24) is 9.97 Å². The standard InChI is InChI=1S/C16H21N5O2/c1-10(8-23-3)20-15-14(17)16(19-9-18-15)21-13-6-4-5-12(7-13)11(2)22/h4-7,9-10H,8,17H2,1-3H3,(H2,18,19,20,21). The van der Waals surface area contributed by atoms with Gasteiger partial charge in [0.05, 0.1) is 6.61 Å². The zero-order chi connectivity index (χ0) is 16.8. The van der Waals surface area contributed by atoms with Crippen LogP contribution in [-0.2, 0) is 4.74 Å². The predicted molar refractivity (Wildman–Crippen MR) is 91.1 cm³/mol. The number of hydrogen-bond acceptors (Lipinski definition) is 7. The summed E-state index contributed by atoms with van der Waals surface area (Å²) < 4.78 is 5.08. The Balaban J connectivity index is 2.20. The van der Waals surface area contributed by atoms with Crippen molar-refractivity contribution in [3.8, 4) is 0 Å². The molecule has 2 aromatic rings. The van der Waals surface area contributed by atoms with Gasteiger partial charge in [0.1, 0.15) is 12.0 Å². The van der Waals surface area contributed by atoms with Crippen LogP contribution in [0.1, 0.15) is 24.2 Å². The lowest BCUT2D eigenvalue weighted by atomic mass is 10.1. The molecule has 1 heterocycles. The second-order valence-electron chi connectivity index (χ2n) is 5.25. The molecule has 1 aromatic carbocycles. The zero-order valence-corrected chi connectivity index (χ0v) is 13.5. The van der Waals surface area contributed by atoms with Crippen LogP contribution < -0.4 is 16.4 Å². The number of methoxy groups -OCH3 is 1. The van der Waals surface area contributed by atoms with Crippen molar-refractivity contribution in [3.05, 3.63) is 36.2 Å². The largest absolute Gasteiger partial charge is 0.393 e. The zero-order valence-electron chi connectivity index (χ0n) is 13.5. The highest BCUT2D eigenvalue weighted by Crippen LogP contribution is 2.26. The molecule has 7 heteroatoms. The van der Waals surface area contributed by atoms with Crippen molar-refractivity contribution in [2.75, 3.05) is 30.1 Å². The lowest BCUT2D eigenvalue weighted by molar-refractivity contribution is 0.101. The number of aromatic nitrogens is 2. The lowest BCUT2D eigenvalue weighted by Crippen LogP contribution is -2.22. The summed E-state index contributed by atoms with van der Waals surface area (Å²) in [6, 6.07) is 7.22. The molecule has 0 saturated heterocycles. The number of carbonyl (C=O) groups is 1. The van der Waals surface area contributed by atoms with Gasteiger partial charge in [-0.15, -0.1) is 0 Å². The number of benzene rings is 1. The number of Topliss-reactive ketones (excluding diaryl/α,β-unsaturated/α-hetero) is 1. The van der Waals surface area contributed by atoms with Crippen molar-refractivity contribution in [2.45, 2.75) is 19.9 Å². The van der Waals surface area contributed by atoms with Crippen molar-refractivity contribution in [3.63, 3.8) is 0 Å². The molecule has 0 saturated carbocycles. The fourth-order valence-electron chi connectivity index (χ4n) is 2.09. The molecule has 1 aromatic heterocycles. The fourth-order valence-corrected chi connectivity index (χ4v) is 2.09. The summed E-state index contributed by atoms with van der Waals surface area (Å²) in [7, 11) is 1.64. The summed E-state index contributed by atoms with van der Waals surface area (Å²) in [6.07, 6.45) is 1.43. The third-order valence-corrected chi connectivity index (χ3v) is 3.22. The Labute approximate surface area is 135 Å². The highest BCUT2D eigenvalue weighted by Gasteiger charge is 2.11. The van der Waals surface area contributed by atoms with E-state index in [1.54, 1.807) is 25.3 Å². The minimum absolute atomic E-state index is 0.0000515. The van der Waals surface area contributed by atoms with E-state index in [0.717, 1.165) is 5.69 Å². The summed E-state index contributed by atoms with van der Waals surface area (Å²) >= 11 is 0. The van der Waals surface area contributed by atoms with Gasteiger partial charge in [-0.1, -0.05) is 12.1 Å². The van der Waals surface area contributed by atoms with Gasteiger partial charge in [-0.05, 0) is 26.0 Å². The number of nitrogen functional groups attached to an aromatic ring is 1. The third-order valence-electron chi connectivity index (χ3n) is 3.22. The highest BCUT2D eigenvalue weighted by molar-refractivity contribution is 5.95. The molecule has 0 radical (unpaired) electrons. The van der Waals surface area contributed by atoms with E-state index < -0.39 is 0 Å². The number of nitrogens with zero attached hydrogens (tertiary/aromatic N) is 2. The second-order valence-corrected chi connectivity index (χ2v) is 5.25. The maximum Gasteiger partial charge on any atom is 0.159 e. The van der Waals surface area contributed by atoms with Gasteiger partial charge in [0.25, 0.3) is 0 Å². The summed E-state index contributed by atoms with van der Waals surface area (Å²) in [5, 5.41) is 6.29. The fraction of sp³-hybridized carbons (Fsp3) is 0.312. The maximum absolute atomic E-state index is 11.5. The highest BCUT2D eigenvalue weighted by atomic mass is 16.5. The van der Waals surface area contributed by atoms with Gasteiger partial charge in [0, 0.05) is 24.4 Å². The van der Waals surface area contributed by atoms with E-state index in [-0.39, 0.29) is 11.8 Å². The summed E-state index contributed by atoms with van der Waals surface area (Å²) in [5.74, 6) is 1.02. The van der Waals surface area contributed by atoms with E-state index >= 15 is 0 Å². The maximum atomic E-state index is 11.5. The van der Waals surface area contributed by atoms with Gasteiger partial charge in [0.2, 0.25) is 0 Å². The van der Waals surface area contributed by atoms with E-state index in [4.69, 9.17) is 10.5 Å². The van der Waals surface area contributed by atoms with E-state index in [1.807, 2.05) is 13.0 Å². The van der Waals surface area contributed by atoms with Crippen LogP contribution in [0.2, 0.25) is 0 Å². The Morgan fingerprint density at radius 3 is 2.78 bits per heavy atom. The average Bonchev–Trinajstić information content (AvgIpc) is 2.52. The molecule has 0 fully saturated rings. The molecule has 4 N–H and O–H groups in total. The van der Waals surface area contributed by atoms with Crippen LogP contribution in [0.3, 0.4) is 0 Å². The summed E-state index contributed by atoms with van der Waals surface area (Å²) in [5.41, 5.74) is 7.88. The average molecular weight is 315 g/mol.